The average Bonchev–Trinajstić information content (AvgIpc) is 3.12. The lowest BCUT2D eigenvalue weighted by Crippen LogP contribution is -2.50. The number of methoxy groups -OCH3 is 1. The highest BCUT2D eigenvalue weighted by molar-refractivity contribution is 5.87. The molecule has 2 aliphatic heterocycles. The lowest BCUT2D eigenvalue weighted by atomic mass is 10.2. The fraction of sp³-hybridized carbons (Fsp3) is 0.588. The molecular formula is C17H22FN3O4. The molecule has 1 aromatic rings. The summed E-state index contributed by atoms with van der Waals surface area (Å²) >= 11 is 0. The summed E-state index contributed by atoms with van der Waals surface area (Å²) in [6.45, 7) is 6.48. The van der Waals surface area contributed by atoms with E-state index in [9.17, 15) is 14.0 Å². The third-order valence-corrected chi connectivity index (χ3v) is 4.40. The molecule has 3 rings (SSSR count). The highest BCUT2D eigenvalue weighted by atomic mass is 19.1. The van der Waals surface area contributed by atoms with Crippen molar-refractivity contribution in [3.8, 4) is 0 Å². The van der Waals surface area contributed by atoms with E-state index in [0.717, 1.165) is 6.42 Å². The first-order valence-corrected chi connectivity index (χ1v) is 8.20. The second kappa shape index (κ2) is 6.16. The number of anilines is 1. The Morgan fingerprint density at radius 1 is 1.24 bits per heavy atom. The summed E-state index contributed by atoms with van der Waals surface area (Å²) in [6.07, 6.45) is 0.427. The second-order valence-corrected chi connectivity index (χ2v) is 7.33. The highest BCUT2D eigenvalue weighted by Gasteiger charge is 2.47. The number of amides is 1. The maximum Gasteiger partial charge on any atom is 0.410 e. The molecule has 0 spiro atoms. The van der Waals surface area contributed by atoms with Crippen molar-refractivity contribution < 1.29 is 23.5 Å². The van der Waals surface area contributed by atoms with Crippen molar-refractivity contribution in [3.63, 3.8) is 0 Å². The standard InChI is InChI=1S/C17H22FN3O4/c1-17(2,3)25-16(23)21-9-10-7-11(21)8-20(10)13-6-5-12(15(22)24-4)19-14(13)18/h5-6,10-11H,7-9H2,1-4H3/t10-,11-/m0/s1. The zero-order chi connectivity index (χ0) is 18.4. The Bertz CT molecular complexity index is 704. The zero-order valence-corrected chi connectivity index (χ0v) is 14.8. The molecule has 0 saturated carbocycles. The third-order valence-electron chi connectivity index (χ3n) is 4.40. The first-order chi connectivity index (χ1) is 11.7. The van der Waals surface area contributed by atoms with Crippen LogP contribution in [0.25, 0.3) is 0 Å². The Hall–Kier alpha value is -2.38. The van der Waals surface area contributed by atoms with Crippen molar-refractivity contribution >= 4 is 17.7 Å². The minimum absolute atomic E-state index is 0.0118. The van der Waals surface area contributed by atoms with Crippen LogP contribution in [0.15, 0.2) is 12.1 Å². The molecule has 0 N–H and O–H groups in total. The largest absolute Gasteiger partial charge is 0.464 e. The van der Waals surface area contributed by atoms with Crippen LogP contribution >= 0.6 is 0 Å². The number of rotatable bonds is 2. The minimum Gasteiger partial charge on any atom is -0.464 e. The highest BCUT2D eigenvalue weighted by Crippen LogP contribution is 2.36. The van der Waals surface area contributed by atoms with Crippen molar-refractivity contribution in [1.82, 2.24) is 9.88 Å². The van der Waals surface area contributed by atoms with Crippen LogP contribution in [-0.4, -0.2) is 59.8 Å². The molecule has 7 nitrogen and oxygen atoms in total. The lowest BCUT2D eigenvalue weighted by molar-refractivity contribution is 0.0214. The van der Waals surface area contributed by atoms with E-state index in [1.807, 2.05) is 25.7 Å². The zero-order valence-electron chi connectivity index (χ0n) is 14.8. The van der Waals surface area contributed by atoms with Gasteiger partial charge in [-0.25, -0.2) is 14.6 Å². The summed E-state index contributed by atoms with van der Waals surface area (Å²) in [6, 6.07) is 2.98. The number of piperazine rings is 1. The predicted octanol–water partition coefficient (Wildman–Crippen LogP) is 2.21. The molecule has 0 aromatic carbocycles. The van der Waals surface area contributed by atoms with Gasteiger partial charge in [0, 0.05) is 19.1 Å². The number of hydrogen-bond acceptors (Lipinski definition) is 6. The second-order valence-electron chi connectivity index (χ2n) is 7.33. The normalized spacial score (nSPS) is 22.3. The molecule has 25 heavy (non-hydrogen) atoms. The number of carbonyl (C=O) groups is 2. The monoisotopic (exact) mass is 351 g/mol. The van der Waals surface area contributed by atoms with Gasteiger partial charge in [-0.3, -0.25) is 0 Å². The maximum absolute atomic E-state index is 14.3. The number of hydrogen-bond donors (Lipinski definition) is 0. The number of ether oxygens (including phenoxy) is 2. The maximum atomic E-state index is 14.3. The number of nitrogens with zero attached hydrogens (tertiary/aromatic N) is 3. The van der Waals surface area contributed by atoms with Crippen molar-refractivity contribution in [2.75, 3.05) is 25.1 Å². The van der Waals surface area contributed by atoms with Crippen LogP contribution in [0.2, 0.25) is 0 Å². The number of esters is 1. The van der Waals surface area contributed by atoms with Gasteiger partial charge in [0.1, 0.15) is 5.60 Å². The van der Waals surface area contributed by atoms with E-state index < -0.39 is 17.5 Å². The predicted molar refractivity (Wildman–Crippen MR) is 88.0 cm³/mol. The Morgan fingerprint density at radius 3 is 2.48 bits per heavy atom. The number of aromatic nitrogens is 1. The molecular weight excluding hydrogens is 329 g/mol. The summed E-state index contributed by atoms with van der Waals surface area (Å²) in [4.78, 5) is 31.0. The van der Waals surface area contributed by atoms with E-state index in [0.29, 0.717) is 18.8 Å². The van der Waals surface area contributed by atoms with Crippen LogP contribution in [0.4, 0.5) is 14.9 Å². The molecule has 2 bridgehead atoms. The van der Waals surface area contributed by atoms with E-state index in [2.05, 4.69) is 9.72 Å². The van der Waals surface area contributed by atoms with Crippen molar-refractivity contribution in [2.24, 2.45) is 0 Å². The van der Waals surface area contributed by atoms with Crippen LogP contribution in [0.3, 0.4) is 0 Å². The van der Waals surface area contributed by atoms with Gasteiger partial charge < -0.3 is 19.3 Å². The third kappa shape index (κ3) is 3.38. The van der Waals surface area contributed by atoms with Crippen molar-refractivity contribution in [1.29, 1.82) is 0 Å². The van der Waals surface area contributed by atoms with Gasteiger partial charge in [0.2, 0.25) is 5.95 Å². The Labute approximate surface area is 145 Å². The van der Waals surface area contributed by atoms with Gasteiger partial charge in [0.25, 0.3) is 0 Å². The molecule has 0 aliphatic carbocycles. The SMILES string of the molecule is COC(=O)c1ccc(N2C[C@@H]3C[C@H]2CN3C(=O)OC(C)(C)C)c(F)n1. The summed E-state index contributed by atoms with van der Waals surface area (Å²) in [5.41, 5.74) is -0.272. The number of pyridine rings is 1. The Kier molecular flexibility index (Phi) is 4.30. The number of carbonyl (C=O) groups excluding carboxylic acids is 2. The van der Waals surface area contributed by atoms with Crippen LogP contribution < -0.4 is 4.90 Å². The van der Waals surface area contributed by atoms with E-state index >= 15 is 0 Å². The molecule has 1 amide bonds. The molecule has 1 aromatic heterocycles. The van der Waals surface area contributed by atoms with Crippen LogP contribution in [0.1, 0.15) is 37.7 Å². The number of fused-ring (bicyclic) bond motifs is 2. The summed E-state index contributed by atoms with van der Waals surface area (Å²) in [7, 11) is 1.22. The summed E-state index contributed by atoms with van der Waals surface area (Å²) in [5, 5.41) is 0. The molecule has 0 unspecified atom stereocenters. The molecule has 2 atom stereocenters. The molecule has 136 valence electrons. The van der Waals surface area contributed by atoms with Gasteiger partial charge in [0.05, 0.1) is 18.8 Å². The summed E-state index contributed by atoms with van der Waals surface area (Å²) in [5.74, 6) is -1.39. The minimum atomic E-state index is -0.709. The van der Waals surface area contributed by atoms with Gasteiger partial charge in [-0.2, -0.15) is 4.39 Å². The molecule has 3 heterocycles. The van der Waals surface area contributed by atoms with Crippen LogP contribution in [-0.2, 0) is 9.47 Å². The van der Waals surface area contributed by atoms with Gasteiger partial charge in [-0.1, -0.05) is 0 Å². The summed E-state index contributed by atoms with van der Waals surface area (Å²) < 4.78 is 24.3. The molecule has 2 aliphatic rings. The molecule has 2 saturated heterocycles. The molecule has 2 fully saturated rings. The van der Waals surface area contributed by atoms with E-state index in [4.69, 9.17) is 4.74 Å². The van der Waals surface area contributed by atoms with Crippen LogP contribution in [0, 0.1) is 5.95 Å². The van der Waals surface area contributed by atoms with Crippen molar-refractivity contribution in [2.45, 2.75) is 44.9 Å². The van der Waals surface area contributed by atoms with Gasteiger partial charge in [0.15, 0.2) is 5.69 Å². The van der Waals surface area contributed by atoms with Gasteiger partial charge in [-0.05, 0) is 39.3 Å². The Balaban J connectivity index is 1.71. The van der Waals surface area contributed by atoms with Gasteiger partial charge in [-0.15, -0.1) is 0 Å². The lowest BCUT2D eigenvalue weighted by Gasteiger charge is -2.36. The average molecular weight is 351 g/mol. The Morgan fingerprint density at radius 2 is 1.96 bits per heavy atom. The van der Waals surface area contributed by atoms with E-state index in [-0.39, 0.29) is 23.9 Å². The van der Waals surface area contributed by atoms with E-state index in [1.165, 1.54) is 19.2 Å². The fourth-order valence-corrected chi connectivity index (χ4v) is 3.37. The van der Waals surface area contributed by atoms with Gasteiger partial charge >= 0.3 is 12.1 Å². The van der Waals surface area contributed by atoms with E-state index in [1.54, 1.807) is 4.90 Å². The first-order valence-electron chi connectivity index (χ1n) is 8.20. The van der Waals surface area contributed by atoms with Crippen molar-refractivity contribution in [3.05, 3.63) is 23.8 Å². The molecule has 8 heteroatoms. The van der Waals surface area contributed by atoms with Crippen LogP contribution in [0.5, 0.6) is 0 Å². The number of likely N-dealkylation sites (tertiary alicyclic amines) is 1. The smallest absolute Gasteiger partial charge is 0.410 e. The quantitative estimate of drug-likeness (QED) is 0.601. The number of halogens is 1. The first kappa shape index (κ1) is 17.4. The topological polar surface area (TPSA) is 72.0 Å². The molecule has 0 radical (unpaired) electrons. The fourth-order valence-electron chi connectivity index (χ4n) is 3.37.